The van der Waals surface area contributed by atoms with Crippen LogP contribution in [0.4, 0.5) is 13.2 Å². The van der Waals surface area contributed by atoms with E-state index in [9.17, 15) is 26.4 Å². The average molecular weight is 415 g/mol. The van der Waals surface area contributed by atoms with Gasteiger partial charge in [-0.3, -0.25) is 4.79 Å². The third-order valence-electron chi connectivity index (χ3n) is 4.05. The lowest BCUT2D eigenvalue weighted by Gasteiger charge is -2.27. The Bertz CT molecular complexity index is 966. The molecule has 1 aromatic carbocycles. The van der Waals surface area contributed by atoms with Crippen LogP contribution in [0.5, 0.6) is 5.75 Å². The standard InChI is InChI=1S/C17H16F3N3O4S/c1-11(12-2-5-14(6-3-12)27-17(18,19)20)21-16(24)13-4-7-15-22-28(25,26)9-8-23(15)10-13/h2-7,10-11H,8-9H2,1H3,(H,21,24). The Morgan fingerprint density at radius 3 is 2.57 bits per heavy atom. The first-order valence-corrected chi connectivity index (χ1v) is 9.79. The molecule has 0 spiro atoms. The lowest BCUT2D eigenvalue weighted by atomic mass is 10.1. The van der Waals surface area contributed by atoms with Crippen molar-refractivity contribution in [3.63, 3.8) is 0 Å². The number of ether oxygens (including phenoxy) is 1. The molecule has 2 heterocycles. The molecule has 11 heteroatoms. The third kappa shape index (κ3) is 4.91. The number of carbonyl (C=O) groups excluding carboxylic acids is 1. The van der Waals surface area contributed by atoms with Crippen molar-refractivity contribution in [3.05, 3.63) is 53.8 Å². The number of halogens is 3. The fraction of sp³-hybridized carbons (Fsp3) is 0.294. The molecule has 0 bridgehead atoms. The highest BCUT2D eigenvalue weighted by molar-refractivity contribution is 7.90. The van der Waals surface area contributed by atoms with E-state index in [0.717, 1.165) is 0 Å². The van der Waals surface area contributed by atoms with Gasteiger partial charge in [-0.1, -0.05) is 12.1 Å². The summed E-state index contributed by atoms with van der Waals surface area (Å²) in [4.78, 5) is 14.0. The molecule has 0 radical (unpaired) electrons. The summed E-state index contributed by atoms with van der Waals surface area (Å²) in [6, 6.07) is 4.72. The highest BCUT2D eigenvalue weighted by Gasteiger charge is 2.31. The number of nitrogens with one attached hydrogen (secondary N) is 1. The third-order valence-corrected chi connectivity index (χ3v) is 5.21. The Kier molecular flexibility index (Phi) is 5.20. The van der Waals surface area contributed by atoms with Gasteiger partial charge < -0.3 is 15.0 Å². The number of fused-ring (bicyclic) bond motifs is 1. The molecule has 1 atom stereocenters. The van der Waals surface area contributed by atoms with Crippen LogP contribution in [-0.2, 0) is 14.8 Å². The summed E-state index contributed by atoms with van der Waals surface area (Å²) in [5, 5.41) is 2.74. The molecule has 0 aliphatic carbocycles. The van der Waals surface area contributed by atoms with Gasteiger partial charge in [-0.2, -0.15) is 0 Å². The summed E-state index contributed by atoms with van der Waals surface area (Å²) < 4.78 is 67.1. The molecule has 3 rings (SSSR count). The van der Waals surface area contributed by atoms with E-state index >= 15 is 0 Å². The molecule has 0 saturated heterocycles. The fourth-order valence-electron chi connectivity index (χ4n) is 2.66. The smallest absolute Gasteiger partial charge is 0.406 e. The molecule has 2 aliphatic heterocycles. The Hall–Kier alpha value is -2.82. The summed E-state index contributed by atoms with van der Waals surface area (Å²) in [5.41, 5.74) is 0.900. The van der Waals surface area contributed by atoms with Gasteiger partial charge in [0.1, 0.15) is 11.6 Å². The summed E-state index contributed by atoms with van der Waals surface area (Å²) >= 11 is 0. The number of carbonyl (C=O) groups is 1. The average Bonchev–Trinajstić information content (AvgIpc) is 2.59. The van der Waals surface area contributed by atoms with Crippen LogP contribution >= 0.6 is 0 Å². The number of hydrogen-bond acceptors (Lipinski definition) is 5. The molecule has 0 aromatic heterocycles. The van der Waals surface area contributed by atoms with Gasteiger partial charge in [-0.05, 0) is 36.8 Å². The Morgan fingerprint density at radius 2 is 1.93 bits per heavy atom. The summed E-state index contributed by atoms with van der Waals surface area (Å²) in [7, 11) is -3.48. The van der Waals surface area contributed by atoms with E-state index in [4.69, 9.17) is 0 Å². The number of alkyl halides is 3. The molecule has 150 valence electrons. The van der Waals surface area contributed by atoms with Crippen LogP contribution in [0, 0.1) is 0 Å². The zero-order valence-electron chi connectivity index (χ0n) is 14.6. The minimum Gasteiger partial charge on any atom is -0.406 e. The molecule has 0 saturated carbocycles. The Balaban J connectivity index is 1.65. The van der Waals surface area contributed by atoms with Crippen molar-refractivity contribution in [2.24, 2.45) is 4.40 Å². The molecular weight excluding hydrogens is 399 g/mol. The first-order valence-electron chi connectivity index (χ1n) is 8.18. The van der Waals surface area contributed by atoms with Gasteiger partial charge in [0.25, 0.3) is 15.9 Å². The second-order valence-electron chi connectivity index (χ2n) is 6.16. The van der Waals surface area contributed by atoms with Crippen molar-refractivity contribution in [3.8, 4) is 5.75 Å². The van der Waals surface area contributed by atoms with Gasteiger partial charge in [0.15, 0.2) is 0 Å². The van der Waals surface area contributed by atoms with E-state index in [-0.39, 0.29) is 23.9 Å². The van der Waals surface area contributed by atoms with Crippen molar-refractivity contribution in [1.82, 2.24) is 10.2 Å². The maximum absolute atomic E-state index is 12.4. The molecule has 1 aromatic rings. The SMILES string of the molecule is CC(NC(=O)C1=CN2CCS(=O)(=O)N=C2C=C1)c1ccc(OC(F)(F)F)cc1. The largest absolute Gasteiger partial charge is 0.573 e. The van der Waals surface area contributed by atoms with Gasteiger partial charge in [0.05, 0.1) is 17.4 Å². The Labute approximate surface area is 159 Å². The lowest BCUT2D eigenvalue weighted by Crippen LogP contribution is -2.38. The number of amides is 1. The predicted octanol–water partition coefficient (Wildman–Crippen LogP) is 2.26. The van der Waals surface area contributed by atoms with E-state index in [1.165, 1.54) is 42.6 Å². The van der Waals surface area contributed by atoms with Crippen molar-refractivity contribution in [1.29, 1.82) is 0 Å². The summed E-state index contributed by atoms with van der Waals surface area (Å²) in [6.07, 6.45) is -0.356. The van der Waals surface area contributed by atoms with Crippen molar-refractivity contribution in [2.75, 3.05) is 12.3 Å². The molecular formula is C17H16F3N3O4S. The van der Waals surface area contributed by atoms with Gasteiger partial charge in [-0.25, -0.2) is 8.42 Å². The monoisotopic (exact) mass is 415 g/mol. The minimum absolute atomic E-state index is 0.140. The van der Waals surface area contributed by atoms with Crippen LogP contribution in [-0.4, -0.2) is 43.7 Å². The number of amidine groups is 1. The van der Waals surface area contributed by atoms with Crippen molar-refractivity contribution < 1.29 is 31.1 Å². The first kappa shape index (κ1) is 19.9. The highest BCUT2D eigenvalue weighted by Crippen LogP contribution is 2.24. The second-order valence-corrected chi connectivity index (χ2v) is 7.91. The topological polar surface area (TPSA) is 88.1 Å². The zero-order chi connectivity index (χ0) is 20.5. The van der Waals surface area contributed by atoms with E-state index in [2.05, 4.69) is 14.5 Å². The maximum Gasteiger partial charge on any atom is 0.573 e. The summed E-state index contributed by atoms with van der Waals surface area (Å²) in [6.45, 7) is 1.88. The van der Waals surface area contributed by atoms with Crippen molar-refractivity contribution in [2.45, 2.75) is 19.3 Å². The van der Waals surface area contributed by atoms with Gasteiger partial charge >= 0.3 is 6.36 Å². The molecule has 7 nitrogen and oxygen atoms in total. The maximum atomic E-state index is 12.4. The highest BCUT2D eigenvalue weighted by atomic mass is 32.2. The van der Waals surface area contributed by atoms with Crippen molar-refractivity contribution >= 4 is 21.8 Å². The minimum atomic E-state index is -4.77. The van der Waals surface area contributed by atoms with Gasteiger partial charge in [-0.15, -0.1) is 17.6 Å². The molecule has 28 heavy (non-hydrogen) atoms. The van der Waals surface area contributed by atoms with Crippen LogP contribution < -0.4 is 10.1 Å². The van der Waals surface area contributed by atoms with Crippen LogP contribution in [0.3, 0.4) is 0 Å². The number of nitrogens with zero attached hydrogens (tertiary/aromatic N) is 2. The first-order chi connectivity index (χ1) is 13.0. The normalized spacial score (nSPS) is 19.2. The number of benzene rings is 1. The van der Waals surface area contributed by atoms with Crippen LogP contribution in [0.2, 0.25) is 0 Å². The predicted molar refractivity (Wildman–Crippen MR) is 94.8 cm³/mol. The second kappa shape index (κ2) is 7.30. The Morgan fingerprint density at radius 1 is 1.25 bits per heavy atom. The van der Waals surface area contributed by atoms with E-state index in [0.29, 0.717) is 11.1 Å². The quantitative estimate of drug-likeness (QED) is 0.815. The summed E-state index contributed by atoms with van der Waals surface area (Å²) in [5.74, 6) is -0.652. The molecule has 1 amide bonds. The van der Waals surface area contributed by atoms with Crippen LogP contribution in [0.25, 0.3) is 0 Å². The van der Waals surface area contributed by atoms with Gasteiger partial charge in [0.2, 0.25) is 0 Å². The van der Waals surface area contributed by atoms with Crippen LogP contribution in [0.15, 0.2) is 52.6 Å². The number of sulfonamides is 1. The van der Waals surface area contributed by atoms with E-state index < -0.39 is 28.3 Å². The molecule has 0 fully saturated rings. The molecule has 1 unspecified atom stereocenters. The van der Waals surface area contributed by atoms with Crippen LogP contribution in [0.1, 0.15) is 18.5 Å². The molecule has 2 aliphatic rings. The van der Waals surface area contributed by atoms with E-state index in [1.54, 1.807) is 11.8 Å². The van der Waals surface area contributed by atoms with E-state index in [1.807, 2.05) is 0 Å². The van der Waals surface area contributed by atoms with Gasteiger partial charge in [0, 0.05) is 12.7 Å². The zero-order valence-corrected chi connectivity index (χ0v) is 15.4. The number of hydrogen-bond donors (Lipinski definition) is 1. The number of rotatable bonds is 4. The lowest BCUT2D eigenvalue weighted by molar-refractivity contribution is -0.274. The molecule has 1 N–H and O–H groups in total. The fourth-order valence-corrected chi connectivity index (χ4v) is 3.63.